The first-order valence-electron chi connectivity index (χ1n) is 13.5. The number of thiophene rings is 1. The molecule has 0 bridgehead atoms. The fourth-order valence-electron chi connectivity index (χ4n) is 4.54. The van der Waals surface area contributed by atoms with Crippen molar-refractivity contribution in [3.63, 3.8) is 0 Å². The van der Waals surface area contributed by atoms with Gasteiger partial charge in [-0.15, -0.1) is 11.3 Å². The number of amides is 3. The van der Waals surface area contributed by atoms with Crippen LogP contribution in [0.1, 0.15) is 58.0 Å². The van der Waals surface area contributed by atoms with Gasteiger partial charge in [-0.25, -0.2) is 5.01 Å². The predicted molar refractivity (Wildman–Crippen MR) is 156 cm³/mol. The molecule has 220 valence electrons. The summed E-state index contributed by atoms with van der Waals surface area (Å²) >= 11 is 1.48. The lowest BCUT2D eigenvalue weighted by atomic mass is 9.80. The molecule has 0 saturated carbocycles. The van der Waals surface area contributed by atoms with E-state index >= 15 is 0 Å². The van der Waals surface area contributed by atoms with Crippen molar-refractivity contribution in [3.8, 4) is 0 Å². The molecule has 0 radical (unpaired) electrons. The first kappa shape index (κ1) is 33.1. The smallest absolute Gasteiger partial charge is 0.257 e. The lowest BCUT2D eigenvalue weighted by Gasteiger charge is -2.35. The van der Waals surface area contributed by atoms with Crippen molar-refractivity contribution in [1.29, 1.82) is 0 Å². The number of aliphatic hydroxyl groups excluding tert-OH is 1. The molecule has 3 amide bonds. The monoisotopic (exact) mass is 573 g/mol. The summed E-state index contributed by atoms with van der Waals surface area (Å²) in [6.07, 6.45) is -1.31. The van der Waals surface area contributed by atoms with E-state index in [2.05, 4.69) is 16.1 Å². The third-order valence-electron chi connectivity index (χ3n) is 6.56. The van der Waals surface area contributed by atoms with Crippen molar-refractivity contribution in [2.45, 2.75) is 72.3 Å². The zero-order valence-corrected chi connectivity index (χ0v) is 24.9. The summed E-state index contributed by atoms with van der Waals surface area (Å²) in [4.78, 5) is 51.7. The van der Waals surface area contributed by atoms with Crippen LogP contribution in [-0.2, 0) is 25.7 Å². The van der Waals surface area contributed by atoms with Crippen LogP contribution in [0, 0.1) is 17.8 Å². The van der Waals surface area contributed by atoms with Crippen LogP contribution in [0.2, 0.25) is 0 Å². The highest BCUT2D eigenvalue weighted by molar-refractivity contribution is 7.09. The summed E-state index contributed by atoms with van der Waals surface area (Å²) in [5.41, 5.74) is 10.1. The normalized spacial score (nSPS) is 15.3. The number of nitrogens with two attached hydrogens (primary N) is 1. The predicted octanol–water partition coefficient (Wildman–Crippen LogP) is 2.15. The third-order valence-corrected chi connectivity index (χ3v) is 7.42. The van der Waals surface area contributed by atoms with Crippen molar-refractivity contribution in [1.82, 2.24) is 21.1 Å². The molecular formula is C29H43N5O5S. The summed E-state index contributed by atoms with van der Waals surface area (Å²) in [6, 6.07) is 10.2. The maximum absolute atomic E-state index is 13.9. The van der Waals surface area contributed by atoms with Crippen molar-refractivity contribution in [2.24, 2.45) is 23.5 Å². The number of hydrogen-bond donors (Lipinski definition) is 5. The van der Waals surface area contributed by atoms with Crippen LogP contribution in [0.3, 0.4) is 0 Å². The standard InChI is InChI=1S/C29H43N5O5S/c1-17(2)26(31-19(5)35)28(38)24(25(30)21-11-8-7-9-12-21)23(37)16-34(15-22-13-10-14-40-22)33-29(39)27(18(3)4)32-20(6)36/h7-14,17-18,23-27,37H,15-16,30H2,1-6H3,(H,31,35)(H,32,36)(H,33,39)/t23-,24?,25?,26-,27-/m0/s1. The second-order valence-electron chi connectivity index (χ2n) is 10.7. The van der Waals surface area contributed by atoms with Gasteiger partial charge in [-0.1, -0.05) is 64.1 Å². The van der Waals surface area contributed by atoms with Crippen molar-refractivity contribution in [3.05, 3.63) is 58.3 Å². The molecule has 1 aromatic carbocycles. The van der Waals surface area contributed by atoms with Crippen LogP contribution in [0.5, 0.6) is 0 Å². The lowest BCUT2D eigenvalue weighted by Crippen LogP contribution is -2.57. The van der Waals surface area contributed by atoms with Gasteiger partial charge in [0.15, 0.2) is 5.78 Å². The van der Waals surface area contributed by atoms with Gasteiger partial charge in [-0.2, -0.15) is 0 Å². The van der Waals surface area contributed by atoms with Crippen molar-refractivity contribution in [2.75, 3.05) is 6.54 Å². The molecule has 0 aliphatic rings. The molecule has 2 rings (SSSR count). The molecule has 0 saturated heterocycles. The highest BCUT2D eigenvalue weighted by Crippen LogP contribution is 2.27. The summed E-state index contributed by atoms with van der Waals surface area (Å²) in [5, 5.41) is 20.4. The Labute approximate surface area is 240 Å². The van der Waals surface area contributed by atoms with Crippen LogP contribution >= 0.6 is 11.3 Å². The van der Waals surface area contributed by atoms with Gasteiger partial charge < -0.3 is 21.5 Å². The zero-order valence-electron chi connectivity index (χ0n) is 24.1. The molecule has 10 nitrogen and oxygen atoms in total. The second-order valence-corrected chi connectivity index (χ2v) is 11.7. The maximum atomic E-state index is 13.9. The molecule has 2 unspecified atom stereocenters. The highest BCUT2D eigenvalue weighted by atomic mass is 32.1. The fourth-order valence-corrected chi connectivity index (χ4v) is 5.26. The topological polar surface area (TPSA) is 154 Å². The first-order chi connectivity index (χ1) is 18.8. The molecule has 0 aliphatic heterocycles. The Morgan fingerprint density at radius 2 is 1.48 bits per heavy atom. The van der Waals surface area contributed by atoms with Crippen LogP contribution < -0.4 is 21.8 Å². The number of aliphatic hydroxyl groups is 1. The lowest BCUT2D eigenvalue weighted by molar-refractivity contribution is -0.136. The molecule has 0 aliphatic carbocycles. The Balaban J connectivity index is 2.42. The number of hydrazine groups is 1. The second kappa shape index (κ2) is 15.6. The number of nitrogens with one attached hydrogen (secondary N) is 3. The van der Waals surface area contributed by atoms with E-state index in [-0.39, 0.29) is 36.7 Å². The Morgan fingerprint density at radius 3 is 1.98 bits per heavy atom. The molecule has 11 heteroatoms. The largest absolute Gasteiger partial charge is 0.391 e. The number of rotatable bonds is 15. The minimum atomic E-state index is -1.31. The number of Topliss-reactive ketones (excluding diaryl/α,β-unsaturated/α-hetero) is 1. The van der Waals surface area contributed by atoms with E-state index in [1.165, 1.54) is 30.2 Å². The van der Waals surface area contributed by atoms with E-state index in [0.717, 1.165) is 4.88 Å². The van der Waals surface area contributed by atoms with Gasteiger partial charge in [0.2, 0.25) is 11.8 Å². The van der Waals surface area contributed by atoms with Crippen molar-refractivity contribution >= 4 is 34.8 Å². The van der Waals surface area contributed by atoms with Crippen LogP contribution in [0.25, 0.3) is 0 Å². The van der Waals surface area contributed by atoms with E-state index < -0.39 is 41.8 Å². The molecule has 5 atom stereocenters. The Kier molecular flexibility index (Phi) is 12.9. The van der Waals surface area contributed by atoms with Crippen LogP contribution in [-0.4, -0.2) is 58.4 Å². The van der Waals surface area contributed by atoms with E-state index in [1.807, 2.05) is 51.3 Å². The summed E-state index contributed by atoms with van der Waals surface area (Å²) < 4.78 is 0. The first-order valence-corrected chi connectivity index (χ1v) is 14.3. The number of nitrogens with zero attached hydrogens (tertiary/aromatic N) is 1. The minimum Gasteiger partial charge on any atom is -0.391 e. The number of ketones is 1. The quantitative estimate of drug-likeness (QED) is 0.205. The van der Waals surface area contributed by atoms with Crippen LogP contribution in [0.4, 0.5) is 0 Å². The number of carbonyl (C=O) groups excluding carboxylic acids is 4. The van der Waals surface area contributed by atoms with Gasteiger partial charge in [0.25, 0.3) is 5.91 Å². The minimum absolute atomic E-state index is 0.129. The zero-order chi connectivity index (χ0) is 30.0. The molecular weight excluding hydrogens is 530 g/mol. The average Bonchev–Trinajstić information content (AvgIpc) is 3.38. The number of benzene rings is 1. The summed E-state index contributed by atoms with van der Waals surface area (Å²) in [5.74, 6) is -3.07. The summed E-state index contributed by atoms with van der Waals surface area (Å²) in [6.45, 7) is 10.1. The summed E-state index contributed by atoms with van der Waals surface area (Å²) in [7, 11) is 0. The van der Waals surface area contributed by atoms with E-state index in [1.54, 1.807) is 24.3 Å². The molecule has 6 N–H and O–H groups in total. The van der Waals surface area contributed by atoms with E-state index in [0.29, 0.717) is 5.56 Å². The number of hydrogen-bond acceptors (Lipinski definition) is 8. The molecule has 2 aromatic rings. The Hall–Kier alpha value is -3.12. The van der Waals surface area contributed by atoms with Gasteiger partial charge in [0.1, 0.15) is 6.04 Å². The fraction of sp³-hybridized carbons (Fsp3) is 0.517. The van der Waals surface area contributed by atoms with Crippen LogP contribution in [0.15, 0.2) is 47.8 Å². The SMILES string of the molecule is CC(=O)N[C@H](C(=O)NN(Cc1cccs1)C[C@H](O)C(C(=O)[C@@H](NC(C)=O)C(C)C)C(N)c1ccccc1)C(C)C. The van der Waals surface area contributed by atoms with Gasteiger partial charge in [-0.3, -0.25) is 24.6 Å². The van der Waals surface area contributed by atoms with E-state index in [4.69, 9.17) is 5.73 Å². The maximum Gasteiger partial charge on any atom is 0.257 e. The molecule has 1 aromatic heterocycles. The van der Waals surface area contributed by atoms with Gasteiger partial charge >= 0.3 is 0 Å². The molecule has 1 heterocycles. The van der Waals surface area contributed by atoms with Gasteiger partial charge in [0.05, 0.1) is 24.6 Å². The van der Waals surface area contributed by atoms with Gasteiger partial charge in [-0.05, 0) is 28.8 Å². The van der Waals surface area contributed by atoms with Crippen molar-refractivity contribution < 1.29 is 24.3 Å². The highest BCUT2D eigenvalue weighted by Gasteiger charge is 2.40. The van der Waals surface area contributed by atoms with E-state index in [9.17, 15) is 24.3 Å². The Bertz CT molecular complexity index is 1110. The Morgan fingerprint density at radius 1 is 0.900 bits per heavy atom. The van der Waals surface area contributed by atoms with Gasteiger partial charge in [0, 0.05) is 31.3 Å². The molecule has 40 heavy (non-hydrogen) atoms. The molecule has 0 fully saturated rings. The number of carbonyl (C=O) groups is 4. The average molecular weight is 574 g/mol. The third kappa shape index (κ3) is 9.81. The molecule has 0 spiro atoms.